The first-order valence-electron chi connectivity index (χ1n) is 9.11. The highest BCUT2D eigenvalue weighted by atomic mass is 19.4. The fourth-order valence-corrected chi connectivity index (χ4v) is 4.49. The van der Waals surface area contributed by atoms with Gasteiger partial charge in [-0.15, -0.1) is 0 Å². The molecule has 0 radical (unpaired) electrons. The molecule has 1 amide bonds. The summed E-state index contributed by atoms with van der Waals surface area (Å²) in [5, 5.41) is 0. The van der Waals surface area contributed by atoms with E-state index in [1.165, 1.54) is 5.69 Å². The van der Waals surface area contributed by atoms with Gasteiger partial charge in [-0.2, -0.15) is 13.2 Å². The minimum Gasteiger partial charge on any atom is -0.344 e. The van der Waals surface area contributed by atoms with E-state index in [-0.39, 0.29) is 18.5 Å². The highest BCUT2D eigenvalue weighted by Gasteiger charge is 2.45. The van der Waals surface area contributed by atoms with Gasteiger partial charge in [-0.05, 0) is 51.5 Å². The molecule has 4 rings (SSSR count). The zero-order chi connectivity index (χ0) is 17.6. The number of rotatable bonds is 3. The normalized spacial score (nSPS) is 28.0. The predicted molar refractivity (Wildman–Crippen MR) is 85.0 cm³/mol. The van der Waals surface area contributed by atoms with E-state index in [4.69, 9.17) is 4.98 Å². The van der Waals surface area contributed by atoms with Crippen LogP contribution < -0.4 is 0 Å². The molecule has 25 heavy (non-hydrogen) atoms. The number of nitrogens with one attached hydrogen (secondary N) is 1. The van der Waals surface area contributed by atoms with E-state index in [0.717, 1.165) is 61.5 Å². The van der Waals surface area contributed by atoms with Gasteiger partial charge in [0.2, 0.25) is 5.91 Å². The molecule has 8 heteroatoms. The third kappa shape index (κ3) is 3.28. The maximum atomic E-state index is 12.6. The molecule has 1 aliphatic carbocycles. The number of nitrogens with zero attached hydrogens (tertiary/aromatic N) is 3. The molecule has 0 unspecified atom stereocenters. The van der Waals surface area contributed by atoms with Gasteiger partial charge in [0.15, 0.2) is 0 Å². The number of carbonyl (C=O) groups is 1. The average Bonchev–Trinajstić information content (AvgIpc) is 3.24. The molecule has 2 saturated heterocycles. The van der Waals surface area contributed by atoms with Gasteiger partial charge in [0.25, 0.3) is 0 Å². The van der Waals surface area contributed by atoms with Crippen LogP contribution in [0.5, 0.6) is 0 Å². The van der Waals surface area contributed by atoms with Crippen LogP contribution in [0.25, 0.3) is 0 Å². The second-order valence-electron chi connectivity index (χ2n) is 7.33. The zero-order valence-corrected chi connectivity index (χ0v) is 14.1. The Kier molecular flexibility index (Phi) is 4.25. The van der Waals surface area contributed by atoms with Crippen LogP contribution >= 0.6 is 0 Å². The Balaban J connectivity index is 1.50. The summed E-state index contributed by atoms with van der Waals surface area (Å²) in [6.45, 7) is -0.219. The van der Waals surface area contributed by atoms with Crippen molar-refractivity contribution in [1.29, 1.82) is 0 Å². The Bertz CT molecular complexity index is 633. The van der Waals surface area contributed by atoms with E-state index in [2.05, 4.69) is 9.88 Å². The largest absolute Gasteiger partial charge is 0.406 e. The van der Waals surface area contributed by atoms with E-state index in [1.807, 2.05) is 0 Å². The van der Waals surface area contributed by atoms with Gasteiger partial charge in [0.1, 0.15) is 12.4 Å². The molecule has 0 aromatic carbocycles. The molecular weight excluding hydrogens is 333 g/mol. The van der Waals surface area contributed by atoms with Crippen molar-refractivity contribution in [3.05, 3.63) is 17.2 Å². The Morgan fingerprint density at radius 2 is 1.88 bits per heavy atom. The van der Waals surface area contributed by atoms with Crippen LogP contribution in [0, 0.1) is 0 Å². The van der Waals surface area contributed by atoms with Crippen LogP contribution in [-0.4, -0.2) is 57.5 Å². The molecule has 5 nitrogen and oxygen atoms in total. The molecule has 0 saturated carbocycles. The van der Waals surface area contributed by atoms with Crippen LogP contribution in [-0.2, 0) is 17.6 Å². The summed E-state index contributed by atoms with van der Waals surface area (Å²) in [5.41, 5.74) is 2.33. The third-order valence-electron chi connectivity index (χ3n) is 5.62. The molecule has 0 bridgehead atoms. The van der Waals surface area contributed by atoms with Crippen LogP contribution in [0.1, 0.15) is 55.4 Å². The number of H-pyrrole nitrogens is 1. The van der Waals surface area contributed by atoms with Crippen molar-refractivity contribution in [3.63, 3.8) is 0 Å². The molecule has 2 atom stereocenters. The Labute approximate surface area is 144 Å². The standard InChI is InChI=1S/C17H23F3N4O/c18-17(19,20)10-23-9-7-14(16(23)25)24-8-3-6-13(24)15-21-11-4-1-2-5-12(11)22-15/h13-14H,1-10H2,(H,21,22)/t13-,14+/m1/s1. The molecule has 1 aromatic heterocycles. The maximum absolute atomic E-state index is 12.6. The molecule has 2 fully saturated rings. The number of aromatic nitrogens is 2. The smallest absolute Gasteiger partial charge is 0.344 e. The number of imidazole rings is 1. The van der Waals surface area contributed by atoms with Gasteiger partial charge < -0.3 is 9.88 Å². The number of amides is 1. The molecule has 1 aromatic rings. The first kappa shape index (κ1) is 16.9. The van der Waals surface area contributed by atoms with Crippen molar-refractivity contribution in [3.8, 4) is 0 Å². The lowest BCUT2D eigenvalue weighted by atomic mass is 10.0. The summed E-state index contributed by atoms with van der Waals surface area (Å²) in [4.78, 5) is 23.7. The Morgan fingerprint density at radius 3 is 2.64 bits per heavy atom. The Morgan fingerprint density at radius 1 is 1.08 bits per heavy atom. The van der Waals surface area contributed by atoms with E-state index in [1.54, 1.807) is 0 Å². The number of alkyl halides is 3. The fraction of sp³-hybridized carbons (Fsp3) is 0.765. The summed E-state index contributed by atoms with van der Waals surface area (Å²) < 4.78 is 37.9. The van der Waals surface area contributed by atoms with Crippen LogP contribution in [0.15, 0.2) is 0 Å². The van der Waals surface area contributed by atoms with Crippen LogP contribution in [0.4, 0.5) is 13.2 Å². The lowest BCUT2D eigenvalue weighted by Crippen LogP contribution is -2.44. The maximum Gasteiger partial charge on any atom is 0.406 e. The number of carbonyl (C=O) groups excluding carboxylic acids is 1. The number of hydrogen-bond acceptors (Lipinski definition) is 3. The van der Waals surface area contributed by atoms with E-state index in [0.29, 0.717) is 6.42 Å². The number of aromatic amines is 1. The van der Waals surface area contributed by atoms with Gasteiger partial charge >= 0.3 is 6.18 Å². The average molecular weight is 356 g/mol. The number of halogens is 3. The summed E-state index contributed by atoms with van der Waals surface area (Å²) in [6.07, 6.45) is 2.28. The quantitative estimate of drug-likeness (QED) is 0.906. The minimum atomic E-state index is -4.34. The van der Waals surface area contributed by atoms with E-state index >= 15 is 0 Å². The molecule has 2 aliphatic heterocycles. The van der Waals surface area contributed by atoms with Crippen LogP contribution in [0.3, 0.4) is 0 Å². The molecule has 3 aliphatic rings. The second-order valence-corrected chi connectivity index (χ2v) is 7.33. The van der Waals surface area contributed by atoms with Gasteiger partial charge in [-0.1, -0.05) is 0 Å². The molecule has 0 spiro atoms. The third-order valence-corrected chi connectivity index (χ3v) is 5.62. The molecule has 138 valence electrons. The molecular formula is C17H23F3N4O. The van der Waals surface area contributed by atoms with Gasteiger partial charge in [-0.25, -0.2) is 4.98 Å². The van der Waals surface area contributed by atoms with Crippen LogP contribution in [0.2, 0.25) is 0 Å². The number of aryl methyl sites for hydroxylation is 2. The van der Waals surface area contributed by atoms with Crippen molar-refractivity contribution in [1.82, 2.24) is 19.8 Å². The summed E-state index contributed by atoms with van der Waals surface area (Å²) >= 11 is 0. The highest BCUT2D eigenvalue weighted by molar-refractivity contribution is 5.84. The number of likely N-dealkylation sites (tertiary alicyclic amines) is 2. The first-order valence-corrected chi connectivity index (χ1v) is 9.11. The van der Waals surface area contributed by atoms with E-state index < -0.39 is 18.8 Å². The lowest BCUT2D eigenvalue weighted by Gasteiger charge is -2.28. The van der Waals surface area contributed by atoms with Gasteiger partial charge in [0, 0.05) is 12.2 Å². The SMILES string of the molecule is O=C1[C@@H](N2CCC[C@@H]2c2nc3c([nH]2)CCCC3)CCN1CC(F)(F)F. The van der Waals surface area contributed by atoms with Crippen molar-refractivity contribution in [2.75, 3.05) is 19.6 Å². The topological polar surface area (TPSA) is 52.2 Å². The summed E-state index contributed by atoms with van der Waals surface area (Å²) in [6, 6.07) is -0.428. The highest BCUT2D eigenvalue weighted by Crippen LogP contribution is 2.36. The zero-order valence-electron chi connectivity index (χ0n) is 14.1. The fourth-order valence-electron chi connectivity index (χ4n) is 4.49. The first-order chi connectivity index (χ1) is 11.9. The number of hydrogen-bond donors (Lipinski definition) is 1. The monoisotopic (exact) mass is 356 g/mol. The number of fused-ring (bicyclic) bond motifs is 1. The minimum absolute atomic E-state index is 0.0189. The van der Waals surface area contributed by atoms with Crippen molar-refractivity contribution in [2.24, 2.45) is 0 Å². The van der Waals surface area contributed by atoms with Gasteiger partial charge in [0.05, 0.1) is 17.8 Å². The van der Waals surface area contributed by atoms with Crippen molar-refractivity contribution >= 4 is 5.91 Å². The summed E-state index contributed by atoms with van der Waals surface area (Å²) in [7, 11) is 0. The second kappa shape index (κ2) is 6.30. The van der Waals surface area contributed by atoms with E-state index in [9.17, 15) is 18.0 Å². The predicted octanol–water partition coefficient (Wildman–Crippen LogP) is 2.59. The Hall–Kier alpha value is -1.57. The lowest BCUT2D eigenvalue weighted by molar-refractivity contribution is -0.159. The molecule has 3 heterocycles. The summed E-state index contributed by atoms with van der Waals surface area (Å²) in [5.74, 6) is 0.506. The van der Waals surface area contributed by atoms with Gasteiger partial charge in [-0.3, -0.25) is 9.69 Å². The van der Waals surface area contributed by atoms with Crippen molar-refractivity contribution in [2.45, 2.75) is 63.2 Å². The van der Waals surface area contributed by atoms with Crippen molar-refractivity contribution < 1.29 is 18.0 Å². The molecule has 1 N–H and O–H groups in total.